The van der Waals surface area contributed by atoms with Crippen LogP contribution in [0.4, 0.5) is 5.69 Å². The minimum absolute atomic E-state index is 0.238. The minimum atomic E-state index is -0.390. The van der Waals surface area contributed by atoms with Gasteiger partial charge in [-0.2, -0.15) is 0 Å². The lowest BCUT2D eigenvalue weighted by Gasteiger charge is -2.12. The molecule has 1 aromatic heterocycles. The Morgan fingerprint density at radius 1 is 0.853 bits per heavy atom. The van der Waals surface area contributed by atoms with Crippen molar-refractivity contribution in [3.8, 4) is 34.5 Å². The molecule has 4 aromatic rings. The van der Waals surface area contributed by atoms with E-state index in [0.717, 1.165) is 0 Å². The van der Waals surface area contributed by atoms with Crippen molar-refractivity contribution in [3.63, 3.8) is 0 Å². The molecule has 8 nitrogen and oxygen atoms in total. The van der Waals surface area contributed by atoms with Crippen LogP contribution in [0, 0.1) is 0 Å². The third-order valence-electron chi connectivity index (χ3n) is 5.02. The summed E-state index contributed by atoms with van der Waals surface area (Å²) in [5, 5.41) is 3.28. The lowest BCUT2D eigenvalue weighted by Crippen LogP contribution is -2.12. The number of oxazole rings is 1. The Morgan fingerprint density at radius 3 is 2.03 bits per heavy atom. The van der Waals surface area contributed by atoms with E-state index < -0.39 is 0 Å². The predicted octanol–water partition coefficient (Wildman–Crippen LogP) is 6.09. The molecule has 1 heterocycles. The highest BCUT2D eigenvalue weighted by molar-refractivity contribution is 6.37. The lowest BCUT2D eigenvalue weighted by molar-refractivity contribution is 0.102. The number of amides is 1. The summed E-state index contributed by atoms with van der Waals surface area (Å²) in [5.41, 5.74) is 2.53. The Kier molecular flexibility index (Phi) is 6.72. The zero-order valence-corrected chi connectivity index (χ0v) is 20.2. The Morgan fingerprint density at radius 2 is 1.47 bits per heavy atom. The molecule has 0 aliphatic rings. The molecule has 0 radical (unpaired) electrons. The van der Waals surface area contributed by atoms with E-state index in [4.69, 9.17) is 46.6 Å². The largest absolute Gasteiger partial charge is 0.494 e. The highest BCUT2D eigenvalue weighted by Gasteiger charge is 2.18. The SMILES string of the molecule is COc1cc(-c2nc3cc(NC(=O)c4cc(Cl)c(OC)c(Cl)c4)ccc3o2)cc(OC)c1OC. The van der Waals surface area contributed by atoms with Crippen LogP contribution in [0.3, 0.4) is 0 Å². The Balaban J connectivity index is 1.64. The fourth-order valence-corrected chi connectivity index (χ4v) is 4.06. The number of hydrogen-bond acceptors (Lipinski definition) is 7. The van der Waals surface area contributed by atoms with Gasteiger partial charge in [-0.15, -0.1) is 0 Å². The van der Waals surface area contributed by atoms with Crippen LogP contribution in [0.5, 0.6) is 23.0 Å². The van der Waals surface area contributed by atoms with Gasteiger partial charge in [0.05, 0.1) is 38.5 Å². The van der Waals surface area contributed by atoms with Crippen LogP contribution in [0.1, 0.15) is 10.4 Å². The predicted molar refractivity (Wildman–Crippen MR) is 130 cm³/mol. The van der Waals surface area contributed by atoms with Crippen molar-refractivity contribution in [1.29, 1.82) is 0 Å². The highest BCUT2D eigenvalue weighted by atomic mass is 35.5. The van der Waals surface area contributed by atoms with Crippen LogP contribution in [0.2, 0.25) is 10.0 Å². The quantitative estimate of drug-likeness (QED) is 0.326. The molecule has 0 saturated carbocycles. The zero-order chi connectivity index (χ0) is 24.4. The van der Waals surface area contributed by atoms with E-state index in [1.807, 2.05) is 0 Å². The van der Waals surface area contributed by atoms with Gasteiger partial charge in [-0.3, -0.25) is 4.79 Å². The number of nitrogens with zero attached hydrogens (tertiary/aromatic N) is 1. The molecule has 0 spiro atoms. The van der Waals surface area contributed by atoms with Crippen LogP contribution >= 0.6 is 23.2 Å². The molecule has 0 unspecified atom stereocenters. The van der Waals surface area contributed by atoms with Gasteiger partial charge in [0.15, 0.2) is 22.8 Å². The average Bonchev–Trinajstić information content (AvgIpc) is 3.26. The monoisotopic (exact) mass is 502 g/mol. The maximum atomic E-state index is 12.7. The summed E-state index contributed by atoms with van der Waals surface area (Å²) in [6.45, 7) is 0. The van der Waals surface area contributed by atoms with Gasteiger partial charge in [0.25, 0.3) is 5.91 Å². The molecule has 0 aliphatic carbocycles. The average molecular weight is 503 g/mol. The normalized spacial score (nSPS) is 10.8. The van der Waals surface area contributed by atoms with Gasteiger partial charge in [0.1, 0.15) is 5.52 Å². The van der Waals surface area contributed by atoms with Gasteiger partial charge in [0.2, 0.25) is 11.6 Å². The van der Waals surface area contributed by atoms with Crippen molar-refractivity contribution in [3.05, 3.63) is 58.1 Å². The summed E-state index contributed by atoms with van der Waals surface area (Å²) in [6.07, 6.45) is 0. The third-order valence-corrected chi connectivity index (χ3v) is 5.58. The van der Waals surface area contributed by atoms with Crippen LogP contribution in [0.25, 0.3) is 22.6 Å². The van der Waals surface area contributed by atoms with Crippen molar-refractivity contribution in [1.82, 2.24) is 4.98 Å². The minimum Gasteiger partial charge on any atom is -0.494 e. The number of halogens is 2. The van der Waals surface area contributed by atoms with E-state index in [-0.39, 0.29) is 21.5 Å². The van der Waals surface area contributed by atoms with Crippen molar-refractivity contribution in [2.45, 2.75) is 0 Å². The van der Waals surface area contributed by atoms with Gasteiger partial charge in [-0.1, -0.05) is 23.2 Å². The molecule has 0 fully saturated rings. The number of benzene rings is 3. The maximum absolute atomic E-state index is 12.7. The van der Waals surface area contributed by atoms with Gasteiger partial charge in [0, 0.05) is 16.8 Å². The molecule has 34 heavy (non-hydrogen) atoms. The Hall–Kier alpha value is -3.62. The smallest absolute Gasteiger partial charge is 0.255 e. The second-order valence-corrected chi connectivity index (χ2v) is 7.86. The number of nitrogens with one attached hydrogen (secondary N) is 1. The first-order valence-electron chi connectivity index (χ1n) is 9.93. The number of methoxy groups -OCH3 is 4. The Bertz CT molecular complexity index is 1340. The van der Waals surface area contributed by atoms with Gasteiger partial charge in [-0.05, 0) is 42.5 Å². The standard InChI is InChI=1S/C24H20Cl2N2O6/c1-30-19-9-13(10-20(31-2)22(19)33-4)24-28-17-11-14(5-6-18(17)34-24)27-23(29)12-7-15(25)21(32-3)16(26)8-12/h5-11H,1-4H3,(H,27,29). The van der Waals surface area contributed by atoms with Crippen LogP contribution < -0.4 is 24.3 Å². The summed E-state index contributed by atoms with van der Waals surface area (Å²) in [4.78, 5) is 17.3. The van der Waals surface area contributed by atoms with E-state index in [2.05, 4.69) is 10.3 Å². The molecule has 0 bridgehead atoms. The fraction of sp³-hybridized carbons (Fsp3) is 0.167. The second-order valence-electron chi connectivity index (χ2n) is 7.04. The fourth-order valence-electron chi connectivity index (χ4n) is 3.42. The van der Waals surface area contributed by atoms with E-state index in [0.29, 0.717) is 51.2 Å². The number of ether oxygens (including phenoxy) is 4. The molecule has 1 N–H and O–H groups in total. The van der Waals surface area contributed by atoms with Crippen molar-refractivity contribution in [2.75, 3.05) is 33.8 Å². The molecule has 4 rings (SSSR count). The molecule has 176 valence electrons. The van der Waals surface area contributed by atoms with Gasteiger partial charge >= 0.3 is 0 Å². The van der Waals surface area contributed by atoms with Crippen molar-refractivity contribution < 1.29 is 28.2 Å². The van der Waals surface area contributed by atoms with E-state index in [1.54, 1.807) is 30.3 Å². The number of aromatic nitrogens is 1. The third kappa shape index (κ3) is 4.42. The number of carbonyl (C=O) groups excluding carboxylic acids is 1. The number of rotatable bonds is 7. The first-order valence-corrected chi connectivity index (χ1v) is 10.7. The second kappa shape index (κ2) is 9.70. The van der Waals surface area contributed by atoms with Crippen LogP contribution in [-0.4, -0.2) is 39.3 Å². The van der Waals surface area contributed by atoms with E-state index >= 15 is 0 Å². The molecule has 0 aliphatic heterocycles. The van der Waals surface area contributed by atoms with Crippen LogP contribution in [0.15, 0.2) is 46.9 Å². The summed E-state index contributed by atoms with van der Waals surface area (Å²) in [6, 6.07) is 11.6. The van der Waals surface area contributed by atoms with Gasteiger partial charge < -0.3 is 28.7 Å². The van der Waals surface area contributed by atoms with Crippen molar-refractivity contribution >= 4 is 45.9 Å². The number of carbonyl (C=O) groups is 1. The molecule has 0 atom stereocenters. The van der Waals surface area contributed by atoms with Crippen LogP contribution in [-0.2, 0) is 0 Å². The lowest BCUT2D eigenvalue weighted by atomic mass is 10.2. The number of hydrogen-bond donors (Lipinski definition) is 1. The molecule has 3 aromatic carbocycles. The number of fused-ring (bicyclic) bond motifs is 1. The molecule has 10 heteroatoms. The maximum Gasteiger partial charge on any atom is 0.255 e. The summed E-state index contributed by atoms with van der Waals surface area (Å²) in [7, 11) is 6.05. The summed E-state index contributed by atoms with van der Waals surface area (Å²) < 4.78 is 27.2. The molecule has 1 amide bonds. The highest BCUT2D eigenvalue weighted by Crippen LogP contribution is 2.41. The summed E-state index contributed by atoms with van der Waals surface area (Å²) in [5.74, 6) is 1.69. The van der Waals surface area contributed by atoms with Crippen molar-refractivity contribution in [2.24, 2.45) is 0 Å². The first-order chi connectivity index (χ1) is 16.4. The molecular weight excluding hydrogens is 483 g/mol. The van der Waals surface area contributed by atoms with E-state index in [9.17, 15) is 4.79 Å². The molecule has 0 saturated heterocycles. The first kappa shape index (κ1) is 23.5. The topological polar surface area (TPSA) is 92.1 Å². The zero-order valence-electron chi connectivity index (χ0n) is 18.7. The summed E-state index contributed by atoms with van der Waals surface area (Å²) >= 11 is 12.3. The molecular formula is C24H20Cl2N2O6. The number of anilines is 1. The van der Waals surface area contributed by atoms with E-state index in [1.165, 1.54) is 40.6 Å². The Labute approximate surface area is 205 Å². The van der Waals surface area contributed by atoms with Gasteiger partial charge in [-0.25, -0.2) is 4.98 Å².